The lowest BCUT2D eigenvalue weighted by Crippen LogP contribution is -2.42. The van der Waals surface area contributed by atoms with E-state index in [4.69, 9.17) is 0 Å². The maximum Gasteiger partial charge on any atom is 0.332 e. The average molecular weight is 1370 g/mol. The summed E-state index contributed by atoms with van der Waals surface area (Å²) in [6, 6.07) is 0.319. The molecule has 0 unspecified atom stereocenters. The summed E-state index contributed by atoms with van der Waals surface area (Å²) in [7, 11) is 16.6. The van der Waals surface area contributed by atoms with Crippen LogP contribution in [0.25, 0.3) is 55.8 Å². The van der Waals surface area contributed by atoms with Crippen LogP contribution < -0.4 is 82.8 Å². The van der Waals surface area contributed by atoms with E-state index in [-0.39, 0.29) is 85.4 Å². The molecule has 0 aliphatic heterocycles. The van der Waals surface area contributed by atoms with E-state index in [9.17, 15) is 62.3 Å². The van der Waals surface area contributed by atoms with Crippen LogP contribution in [0, 0.1) is 5.92 Å². The van der Waals surface area contributed by atoms with Gasteiger partial charge in [-0.1, -0.05) is 41.5 Å². The highest BCUT2D eigenvalue weighted by Crippen LogP contribution is 2.07. The second-order valence-electron chi connectivity index (χ2n) is 23.6. The number of hydrogen-bond acceptors (Lipinski definition) is 20. The summed E-state index contributed by atoms with van der Waals surface area (Å²) in [6.07, 6.45) is 8.96. The zero-order chi connectivity index (χ0) is 72.9. The summed E-state index contributed by atoms with van der Waals surface area (Å²) in [6.45, 7) is 16.7. The minimum atomic E-state index is -0.443. The smallest absolute Gasteiger partial charge is 0.332 e. The first-order valence-electron chi connectivity index (χ1n) is 31.5. The van der Waals surface area contributed by atoms with Gasteiger partial charge < -0.3 is 49.4 Å². The van der Waals surface area contributed by atoms with Crippen molar-refractivity contribution in [3.63, 3.8) is 0 Å². The molecule has 5 N–H and O–H groups in total. The van der Waals surface area contributed by atoms with Crippen LogP contribution in [-0.4, -0.2) is 156 Å². The second-order valence-corrected chi connectivity index (χ2v) is 23.6. The van der Waals surface area contributed by atoms with E-state index in [1.807, 2.05) is 13.8 Å². The van der Waals surface area contributed by atoms with Crippen LogP contribution in [0.4, 0.5) is 0 Å². The Morgan fingerprint density at radius 2 is 0.643 bits per heavy atom. The van der Waals surface area contributed by atoms with Gasteiger partial charge in [0.1, 0.15) is 0 Å². The molecule has 38 heteroatoms. The van der Waals surface area contributed by atoms with Gasteiger partial charge >= 0.3 is 28.4 Å². The van der Waals surface area contributed by atoms with Gasteiger partial charge in [-0.3, -0.25) is 84.0 Å². The number of carbonyl (C=O) groups is 3. The number of carbonyl (C=O) groups excluding carboxylic acids is 3. The van der Waals surface area contributed by atoms with E-state index >= 15 is 0 Å². The average Bonchev–Trinajstić information content (AvgIpc) is 1.56. The number of nitrogens with zero attached hydrogens (tertiary/aromatic N) is 20. The Morgan fingerprint density at radius 3 is 0.898 bits per heavy atom. The Hall–Kier alpha value is -10.9. The molecule has 0 radical (unpaired) electrons. The fourth-order valence-corrected chi connectivity index (χ4v) is 10.2. The van der Waals surface area contributed by atoms with Crippen LogP contribution in [0.1, 0.15) is 61.3 Å². The molecule has 0 saturated carbocycles. The van der Waals surface area contributed by atoms with E-state index in [0.29, 0.717) is 94.5 Å². The lowest BCUT2D eigenvalue weighted by atomic mass is 10.2. The highest BCUT2D eigenvalue weighted by Gasteiger charge is 2.20. The van der Waals surface area contributed by atoms with E-state index in [0.717, 1.165) is 26.7 Å². The zero-order valence-corrected chi connectivity index (χ0v) is 58.5. The molecule has 10 rings (SSSR count). The number of nitrogens with one attached hydrogen (secondary N) is 5. The number of hydrogen-bond donors (Lipinski definition) is 5. The Bertz CT molecular complexity index is 5210. The van der Waals surface area contributed by atoms with Crippen molar-refractivity contribution in [1.82, 2.24) is 120 Å². The van der Waals surface area contributed by atoms with Crippen molar-refractivity contribution in [2.24, 2.45) is 76.4 Å². The Kier molecular flexibility index (Phi) is 25.7. The Balaban J connectivity index is 0.000000193. The molecular weight excluding hydrogens is 1280 g/mol. The van der Waals surface area contributed by atoms with E-state index < -0.39 is 33.7 Å². The molecule has 0 aliphatic carbocycles. The molecule has 38 nitrogen and oxygen atoms in total. The molecule has 0 spiro atoms. The second kappa shape index (κ2) is 33.2. The van der Waals surface area contributed by atoms with Gasteiger partial charge in [-0.05, 0) is 13.0 Å². The first kappa shape index (κ1) is 76.1. The van der Waals surface area contributed by atoms with Crippen molar-refractivity contribution in [3.05, 3.63) is 136 Å². The predicted octanol–water partition coefficient (Wildman–Crippen LogP) is -4.40. The molecule has 3 amide bonds. The van der Waals surface area contributed by atoms with Crippen LogP contribution in [0.3, 0.4) is 0 Å². The van der Waals surface area contributed by atoms with Gasteiger partial charge in [0, 0.05) is 161 Å². The van der Waals surface area contributed by atoms with E-state index in [2.05, 4.69) is 58.4 Å². The summed E-state index contributed by atoms with van der Waals surface area (Å²) in [5.74, 6) is -0.562. The minimum Gasteiger partial charge on any atom is -0.355 e. The van der Waals surface area contributed by atoms with Gasteiger partial charge in [0.15, 0.2) is 55.8 Å². The summed E-state index contributed by atoms with van der Waals surface area (Å²) in [5, 5.41) is 14.3. The molecule has 10 aromatic rings. The highest BCUT2D eigenvalue weighted by atomic mass is 16.2. The topological polar surface area (TPSA) is 420 Å². The van der Waals surface area contributed by atoms with Crippen molar-refractivity contribution < 1.29 is 14.4 Å². The normalized spacial score (nSPS) is 11.2. The lowest BCUT2D eigenvalue weighted by molar-refractivity contribution is -0.124. The zero-order valence-electron chi connectivity index (χ0n) is 58.5. The van der Waals surface area contributed by atoms with Crippen molar-refractivity contribution in [3.8, 4) is 0 Å². The van der Waals surface area contributed by atoms with Crippen LogP contribution in [-0.2, 0) is 118 Å². The third-order valence-electron chi connectivity index (χ3n) is 15.7. The Morgan fingerprint density at radius 1 is 0.378 bits per heavy atom. The van der Waals surface area contributed by atoms with Gasteiger partial charge in [-0.25, -0.2) is 48.9 Å². The summed E-state index contributed by atoms with van der Waals surface area (Å²) in [4.78, 5) is 176. The molecule has 10 aromatic heterocycles. The van der Waals surface area contributed by atoms with Gasteiger partial charge in [-0.2, -0.15) is 0 Å². The largest absolute Gasteiger partial charge is 0.355 e. The van der Waals surface area contributed by atoms with Crippen molar-refractivity contribution in [2.45, 2.75) is 100 Å². The number of rotatable bonds is 20. The molecular formula is C60H89N25O13. The molecule has 10 heterocycles. The predicted molar refractivity (Wildman–Crippen MR) is 367 cm³/mol. The lowest BCUT2D eigenvalue weighted by Gasteiger charge is -2.11. The molecule has 0 bridgehead atoms. The highest BCUT2D eigenvalue weighted by molar-refractivity contribution is 5.78. The standard InChI is InChI=1S/C13H19N5O3.C12H17N5O3.2C12H19N5O2.C11H15N5O3/c1-8(2)11(19)14-5-6-18-12(20)9-10(15-7-16(9)3)17(4)13(18)21;1-4-8(18)13-5-6-17-11(19)9-10(14-7-15(9)2)16(3)12(17)20;1-8(2)13-5-6-17-11(18)9-10(14-7-15(9)3)16(4)12(17)19;1-4-5-13-6-7-17-11(18)9-10(14-8-15(9)2)16(3)12(17)19;1-7(17)12-4-5-16-10(18)8-9(13-6-14(8)2)15(3)11(16)19/h7-8H,5-6H2,1-4H3,(H,14,19);7H,4-6H2,1-3H3,(H,13,18);7-8,13H,5-6H2,1-4H3;8,13H,4-7H2,1-3H3;6H,4-5H2,1-3H3,(H,12,17). The summed E-state index contributed by atoms with van der Waals surface area (Å²) in [5.41, 5.74) is 0.190. The minimum absolute atomic E-state index is 0.110. The van der Waals surface area contributed by atoms with Gasteiger partial charge in [0.2, 0.25) is 17.7 Å². The number of imidazole rings is 5. The number of aryl methyl sites for hydroxylation is 10. The van der Waals surface area contributed by atoms with Crippen LogP contribution >= 0.6 is 0 Å². The quantitative estimate of drug-likeness (QED) is 0.0450. The number of amides is 3. The molecule has 98 heavy (non-hydrogen) atoms. The van der Waals surface area contributed by atoms with Crippen molar-refractivity contribution in [2.75, 3.05) is 39.3 Å². The molecule has 0 saturated heterocycles. The van der Waals surface area contributed by atoms with Crippen LogP contribution in [0.2, 0.25) is 0 Å². The molecule has 532 valence electrons. The molecule has 0 atom stereocenters. The monoisotopic (exact) mass is 1370 g/mol. The van der Waals surface area contributed by atoms with Gasteiger partial charge in [-0.15, -0.1) is 0 Å². The van der Waals surface area contributed by atoms with Crippen molar-refractivity contribution in [1.29, 1.82) is 0 Å². The van der Waals surface area contributed by atoms with Gasteiger partial charge in [0.05, 0.1) is 31.6 Å². The van der Waals surface area contributed by atoms with Crippen molar-refractivity contribution >= 4 is 73.5 Å². The van der Waals surface area contributed by atoms with Crippen LogP contribution in [0.5, 0.6) is 0 Å². The third-order valence-corrected chi connectivity index (χ3v) is 15.7. The molecule has 0 fully saturated rings. The fourth-order valence-electron chi connectivity index (χ4n) is 10.2. The van der Waals surface area contributed by atoms with E-state index in [1.54, 1.807) is 127 Å². The summed E-state index contributed by atoms with van der Waals surface area (Å²) < 4.78 is 20.7. The number of aromatic nitrogens is 20. The summed E-state index contributed by atoms with van der Waals surface area (Å²) >= 11 is 0. The first-order chi connectivity index (χ1) is 46.2. The fraction of sp³-hybridized carbons (Fsp3) is 0.533. The maximum atomic E-state index is 12.4. The first-order valence-corrected chi connectivity index (χ1v) is 31.5. The maximum absolute atomic E-state index is 12.4. The number of fused-ring (bicyclic) bond motifs is 5. The van der Waals surface area contributed by atoms with E-state index in [1.165, 1.54) is 57.9 Å². The van der Waals surface area contributed by atoms with Crippen LogP contribution in [0.15, 0.2) is 79.6 Å². The molecule has 0 aliphatic rings. The Labute approximate surface area is 557 Å². The van der Waals surface area contributed by atoms with Gasteiger partial charge in [0.25, 0.3) is 27.8 Å². The SMILES string of the molecule is CC(=O)NCCn1c(=O)c2c(ncn2C)n(C)c1=O.CC(C)C(=O)NCCn1c(=O)c2c(ncn2C)n(C)c1=O.CC(C)NCCn1c(=O)c2c(ncn2C)n(C)c1=O.CCC(=O)NCCn1c(=O)c2c(ncn2C)n(C)c1=O.CCCNCCn1c(=O)c2c(ncn2C)n(C)c1=O. The molecule has 0 aromatic carbocycles. The third kappa shape index (κ3) is 16.6.